The minimum Gasteiger partial charge on any atom is -0.480 e. The standard InChI is InChI=1S/C18H23F3N2O4/c1-10(2)7-14(22-11(3)24)16(25)23-15(17(26)27)9-12-5-4-6-13(8-12)18(19,20)21/h4-6,8,10,14-15H,7,9H2,1-3H3,(H,22,24)(H,23,25)(H,26,27)/t14-,15-/m0/s1. The minimum atomic E-state index is -4.55. The van der Waals surface area contributed by atoms with Crippen molar-refractivity contribution in [1.82, 2.24) is 10.6 Å². The SMILES string of the molecule is CC(=O)N[C@@H](CC(C)C)C(=O)N[C@@H](Cc1cccc(C(F)(F)F)c1)C(=O)O. The van der Waals surface area contributed by atoms with E-state index in [1.807, 2.05) is 13.8 Å². The summed E-state index contributed by atoms with van der Waals surface area (Å²) in [4.78, 5) is 35.1. The first-order chi connectivity index (χ1) is 12.4. The van der Waals surface area contributed by atoms with Gasteiger partial charge >= 0.3 is 12.1 Å². The first-order valence-corrected chi connectivity index (χ1v) is 8.36. The van der Waals surface area contributed by atoms with E-state index in [4.69, 9.17) is 0 Å². The van der Waals surface area contributed by atoms with Crippen molar-refractivity contribution in [2.75, 3.05) is 0 Å². The summed E-state index contributed by atoms with van der Waals surface area (Å²) in [5, 5.41) is 14.1. The van der Waals surface area contributed by atoms with Crippen LogP contribution in [0.4, 0.5) is 13.2 Å². The number of benzene rings is 1. The summed E-state index contributed by atoms with van der Waals surface area (Å²) in [5.74, 6) is -2.47. The summed E-state index contributed by atoms with van der Waals surface area (Å²) in [5.41, 5.74) is -0.774. The third-order valence-corrected chi connectivity index (χ3v) is 3.71. The van der Waals surface area contributed by atoms with Crippen molar-refractivity contribution in [1.29, 1.82) is 0 Å². The zero-order valence-electron chi connectivity index (χ0n) is 15.3. The lowest BCUT2D eigenvalue weighted by Crippen LogP contribution is -2.52. The Morgan fingerprint density at radius 2 is 1.74 bits per heavy atom. The predicted molar refractivity (Wildman–Crippen MR) is 91.8 cm³/mol. The number of carbonyl (C=O) groups is 3. The zero-order valence-corrected chi connectivity index (χ0v) is 15.3. The Labute approximate surface area is 155 Å². The highest BCUT2D eigenvalue weighted by atomic mass is 19.4. The smallest absolute Gasteiger partial charge is 0.416 e. The summed E-state index contributed by atoms with van der Waals surface area (Å²) >= 11 is 0. The molecule has 0 bridgehead atoms. The number of carbonyl (C=O) groups excluding carboxylic acids is 2. The Morgan fingerprint density at radius 1 is 1.11 bits per heavy atom. The van der Waals surface area contributed by atoms with Gasteiger partial charge in [-0.25, -0.2) is 4.79 Å². The largest absolute Gasteiger partial charge is 0.480 e. The van der Waals surface area contributed by atoms with Crippen LogP contribution < -0.4 is 10.6 Å². The molecule has 0 radical (unpaired) electrons. The molecule has 27 heavy (non-hydrogen) atoms. The van der Waals surface area contributed by atoms with Crippen LogP contribution >= 0.6 is 0 Å². The van der Waals surface area contributed by atoms with Crippen LogP contribution in [0.1, 0.15) is 38.3 Å². The molecular weight excluding hydrogens is 365 g/mol. The van der Waals surface area contributed by atoms with Crippen molar-refractivity contribution in [2.24, 2.45) is 5.92 Å². The van der Waals surface area contributed by atoms with Gasteiger partial charge in [-0.2, -0.15) is 13.2 Å². The molecule has 2 amide bonds. The molecule has 0 saturated heterocycles. The number of amides is 2. The summed E-state index contributed by atoms with van der Waals surface area (Å²) in [6.07, 6.45) is -4.58. The average molecular weight is 388 g/mol. The fraction of sp³-hybridized carbons (Fsp3) is 0.500. The first-order valence-electron chi connectivity index (χ1n) is 8.36. The molecule has 3 N–H and O–H groups in total. The predicted octanol–water partition coefficient (Wildman–Crippen LogP) is 2.37. The Bertz CT molecular complexity index is 689. The summed E-state index contributed by atoms with van der Waals surface area (Å²) in [7, 11) is 0. The van der Waals surface area contributed by atoms with Gasteiger partial charge in [0.25, 0.3) is 0 Å². The lowest BCUT2D eigenvalue weighted by Gasteiger charge is -2.22. The molecule has 0 unspecified atom stereocenters. The van der Waals surface area contributed by atoms with E-state index in [0.717, 1.165) is 12.1 Å². The third kappa shape index (κ3) is 7.67. The molecule has 0 saturated carbocycles. The number of aliphatic carboxylic acids is 1. The van der Waals surface area contributed by atoms with Crippen LogP contribution in [0.25, 0.3) is 0 Å². The maximum absolute atomic E-state index is 12.8. The van der Waals surface area contributed by atoms with Crippen LogP contribution in [0.2, 0.25) is 0 Å². The lowest BCUT2D eigenvalue weighted by atomic mass is 10.0. The second-order valence-corrected chi connectivity index (χ2v) is 6.68. The molecule has 9 heteroatoms. The van der Waals surface area contributed by atoms with Crippen molar-refractivity contribution in [3.63, 3.8) is 0 Å². The van der Waals surface area contributed by atoms with E-state index in [-0.39, 0.29) is 17.9 Å². The summed E-state index contributed by atoms with van der Waals surface area (Å²) in [6, 6.07) is 1.92. The number of alkyl halides is 3. The molecule has 0 spiro atoms. The van der Waals surface area contributed by atoms with Crippen LogP contribution in [0.15, 0.2) is 24.3 Å². The Morgan fingerprint density at radius 3 is 2.22 bits per heavy atom. The molecule has 1 aromatic carbocycles. The molecule has 0 aliphatic heterocycles. The van der Waals surface area contributed by atoms with E-state index in [9.17, 15) is 32.7 Å². The van der Waals surface area contributed by atoms with Gasteiger partial charge in [0, 0.05) is 13.3 Å². The number of hydrogen-bond acceptors (Lipinski definition) is 3. The van der Waals surface area contributed by atoms with Gasteiger partial charge in [-0.05, 0) is 24.0 Å². The number of hydrogen-bond donors (Lipinski definition) is 3. The minimum absolute atomic E-state index is 0.0549. The molecule has 0 aromatic heterocycles. The van der Waals surface area contributed by atoms with Gasteiger partial charge in [0.2, 0.25) is 11.8 Å². The first kappa shape index (κ1) is 22.5. The Kier molecular flexibility index (Phi) is 7.81. The molecule has 0 fully saturated rings. The van der Waals surface area contributed by atoms with Gasteiger partial charge in [-0.1, -0.05) is 32.0 Å². The molecule has 2 atom stereocenters. The number of rotatable bonds is 8. The molecule has 0 aliphatic rings. The van der Waals surface area contributed by atoms with E-state index >= 15 is 0 Å². The van der Waals surface area contributed by atoms with Gasteiger partial charge in [-0.3, -0.25) is 9.59 Å². The molecule has 1 aromatic rings. The molecular formula is C18H23F3N2O4. The summed E-state index contributed by atoms with van der Waals surface area (Å²) < 4.78 is 38.4. The molecule has 150 valence electrons. The zero-order chi connectivity index (χ0) is 20.8. The number of carboxylic acid groups (broad SMARTS) is 1. The number of halogens is 3. The van der Waals surface area contributed by atoms with Crippen molar-refractivity contribution < 1.29 is 32.7 Å². The fourth-order valence-corrected chi connectivity index (χ4v) is 2.53. The van der Waals surface area contributed by atoms with Crippen molar-refractivity contribution in [2.45, 2.75) is 51.9 Å². The van der Waals surface area contributed by atoms with Crippen molar-refractivity contribution >= 4 is 17.8 Å². The van der Waals surface area contributed by atoms with Crippen LogP contribution in [-0.2, 0) is 27.0 Å². The van der Waals surface area contributed by atoms with Gasteiger partial charge in [-0.15, -0.1) is 0 Å². The van der Waals surface area contributed by atoms with Gasteiger partial charge in [0.1, 0.15) is 12.1 Å². The van der Waals surface area contributed by atoms with Crippen molar-refractivity contribution in [3.05, 3.63) is 35.4 Å². The molecule has 0 heterocycles. The van der Waals surface area contributed by atoms with Crippen LogP contribution in [0.5, 0.6) is 0 Å². The molecule has 1 rings (SSSR count). The van der Waals surface area contributed by atoms with E-state index < -0.39 is 41.6 Å². The van der Waals surface area contributed by atoms with Gasteiger partial charge in [0.15, 0.2) is 0 Å². The van der Waals surface area contributed by atoms with Crippen LogP contribution in [0.3, 0.4) is 0 Å². The topological polar surface area (TPSA) is 95.5 Å². The van der Waals surface area contributed by atoms with Gasteiger partial charge in [0.05, 0.1) is 5.56 Å². The third-order valence-electron chi connectivity index (χ3n) is 3.71. The maximum atomic E-state index is 12.8. The van der Waals surface area contributed by atoms with Gasteiger partial charge < -0.3 is 15.7 Å². The second-order valence-electron chi connectivity index (χ2n) is 6.68. The van der Waals surface area contributed by atoms with E-state index in [1.165, 1.54) is 19.1 Å². The maximum Gasteiger partial charge on any atom is 0.416 e. The molecule has 6 nitrogen and oxygen atoms in total. The highest BCUT2D eigenvalue weighted by Crippen LogP contribution is 2.29. The Balaban J connectivity index is 2.94. The van der Waals surface area contributed by atoms with E-state index in [0.29, 0.717) is 6.42 Å². The highest BCUT2D eigenvalue weighted by Gasteiger charge is 2.31. The Hall–Kier alpha value is -2.58. The van der Waals surface area contributed by atoms with Crippen LogP contribution in [-0.4, -0.2) is 35.0 Å². The quantitative estimate of drug-likeness (QED) is 0.637. The van der Waals surface area contributed by atoms with E-state index in [2.05, 4.69) is 10.6 Å². The number of nitrogens with one attached hydrogen (secondary N) is 2. The van der Waals surface area contributed by atoms with E-state index in [1.54, 1.807) is 0 Å². The lowest BCUT2D eigenvalue weighted by molar-refractivity contribution is -0.142. The van der Waals surface area contributed by atoms with Crippen LogP contribution in [0, 0.1) is 5.92 Å². The fourth-order valence-electron chi connectivity index (χ4n) is 2.53. The molecule has 0 aliphatic carbocycles. The average Bonchev–Trinajstić information content (AvgIpc) is 2.52. The highest BCUT2D eigenvalue weighted by molar-refractivity contribution is 5.90. The monoisotopic (exact) mass is 388 g/mol. The second kappa shape index (κ2) is 9.38. The normalized spacial score (nSPS) is 13.7. The van der Waals surface area contributed by atoms with Crippen molar-refractivity contribution in [3.8, 4) is 0 Å². The summed E-state index contributed by atoms with van der Waals surface area (Å²) in [6.45, 7) is 4.90. The number of carboxylic acids is 1.